The lowest BCUT2D eigenvalue weighted by molar-refractivity contribution is -0.142. The van der Waals surface area contributed by atoms with E-state index in [1.165, 1.54) is 17.0 Å². The number of hydrogen-bond donors (Lipinski definition) is 1. The van der Waals surface area contributed by atoms with Crippen LogP contribution in [0.15, 0.2) is 42.5 Å². The summed E-state index contributed by atoms with van der Waals surface area (Å²) in [5, 5.41) is 2.78. The van der Waals surface area contributed by atoms with Crippen LogP contribution in [0.5, 0.6) is 5.75 Å². The number of nitrogens with zero attached hydrogens (tertiary/aromatic N) is 1. The van der Waals surface area contributed by atoms with Gasteiger partial charge in [0.15, 0.2) is 6.61 Å². The second-order valence-electron chi connectivity index (χ2n) is 7.00. The number of carbonyl (C=O) groups is 2. The summed E-state index contributed by atoms with van der Waals surface area (Å²) in [5.41, 5.74) is 2.96. The molecule has 2 aromatic rings. The molecule has 0 aromatic heterocycles. The fourth-order valence-electron chi connectivity index (χ4n) is 3.03. The van der Waals surface area contributed by atoms with Gasteiger partial charge in [0, 0.05) is 13.1 Å². The predicted octanol–water partition coefficient (Wildman–Crippen LogP) is 3.76. The van der Waals surface area contributed by atoms with Gasteiger partial charge in [-0.2, -0.15) is 0 Å². The zero-order valence-electron chi connectivity index (χ0n) is 17.5. The number of hydrogen-bond acceptors (Lipinski definition) is 3. The van der Waals surface area contributed by atoms with Crippen molar-refractivity contribution >= 4 is 11.8 Å². The third-order valence-corrected chi connectivity index (χ3v) is 4.84. The van der Waals surface area contributed by atoms with Crippen LogP contribution in [0.4, 0.5) is 4.39 Å². The highest BCUT2D eigenvalue weighted by Gasteiger charge is 2.28. The maximum Gasteiger partial charge on any atom is 0.261 e. The molecule has 1 N–H and O–H groups in total. The number of likely N-dealkylation sites (N-methyl/N-ethyl adjacent to an activating group) is 1. The Hall–Kier alpha value is -2.89. The summed E-state index contributed by atoms with van der Waals surface area (Å²) in [6.45, 7) is 8.17. The van der Waals surface area contributed by atoms with Gasteiger partial charge in [-0.3, -0.25) is 9.59 Å². The van der Waals surface area contributed by atoms with Gasteiger partial charge in [-0.1, -0.05) is 25.1 Å². The first kappa shape index (κ1) is 22.4. The Bertz CT molecular complexity index is 837. The molecular formula is C23H29FN2O3. The minimum Gasteiger partial charge on any atom is -0.484 e. The molecule has 0 spiro atoms. The van der Waals surface area contributed by atoms with E-state index in [0.717, 1.165) is 16.7 Å². The number of ether oxygens (including phenoxy) is 1. The van der Waals surface area contributed by atoms with Gasteiger partial charge in [-0.15, -0.1) is 0 Å². The van der Waals surface area contributed by atoms with Crippen LogP contribution in [0, 0.1) is 19.7 Å². The molecule has 0 radical (unpaired) electrons. The first-order valence-corrected chi connectivity index (χ1v) is 9.87. The molecular weight excluding hydrogens is 371 g/mol. The number of halogens is 1. The predicted molar refractivity (Wildman–Crippen MR) is 111 cm³/mol. The Morgan fingerprint density at radius 1 is 1.07 bits per heavy atom. The minimum absolute atomic E-state index is 0.181. The number of nitrogens with one attached hydrogen (secondary N) is 1. The van der Waals surface area contributed by atoms with Crippen molar-refractivity contribution in [3.8, 4) is 5.75 Å². The zero-order chi connectivity index (χ0) is 21.4. The van der Waals surface area contributed by atoms with Gasteiger partial charge in [0.1, 0.15) is 17.6 Å². The van der Waals surface area contributed by atoms with Gasteiger partial charge < -0.3 is 15.0 Å². The van der Waals surface area contributed by atoms with Crippen LogP contribution >= 0.6 is 0 Å². The van der Waals surface area contributed by atoms with Crippen molar-refractivity contribution in [2.75, 3.05) is 13.2 Å². The summed E-state index contributed by atoms with van der Waals surface area (Å²) in [4.78, 5) is 27.0. The molecule has 5 nitrogen and oxygen atoms in total. The van der Waals surface area contributed by atoms with Crippen molar-refractivity contribution in [1.29, 1.82) is 0 Å². The molecule has 6 heteroatoms. The number of aryl methyl sites for hydroxylation is 2. The van der Waals surface area contributed by atoms with Gasteiger partial charge >= 0.3 is 0 Å². The van der Waals surface area contributed by atoms with E-state index >= 15 is 0 Å². The van der Waals surface area contributed by atoms with E-state index in [9.17, 15) is 14.0 Å². The van der Waals surface area contributed by atoms with Crippen molar-refractivity contribution in [1.82, 2.24) is 10.2 Å². The number of amides is 2. The molecule has 156 valence electrons. The molecule has 0 unspecified atom stereocenters. The Kier molecular flexibility index (Phi) is 8.19. The number of rotatable bonds is 9. The second-order valence-corrected chi connectivity index (χ2v) is 7.00. The summed E-state index contributed by atoms with van der Waals surface area (Å²) < 4.78 is 18.9. The lowest BCUT2D eigenvalue weighted by Crippen LogP contribution is -2.50. The van der Waals surface area contributed by atoms with Crippen LogP contribution in [0.1, 0.15) is 37.0 Å². The smallest absolute Gasteiger partial charge is 0.261 e. The third-order valence-electron chi connectivity index (χ3n) is 4.84. The molecule has 0 fully saturated rings. The fraction of sp³-hybridized carbons (Fsp3) is 0.391. The summed E-state index contributed by atoms with van der Waals surface area (Å²) in [6.07, 6.45) is 0.461. The van der Waals surface area contributed by atoms with Gasteiger partial charge in [0.05, 0.1) is 0 Å². The average molecular weight is 400 g/mol. The molecule has 0 aliphatic heterocycles. The maximum absolute atomic E-state index is 13.2. The van der Waals surface area contributed by atoms with Crippen LogP contribution in [0.2, 0.25) is 0 Å². The standard InChI is InChI=1S/C23H29FN2O3/c1-5-21(23(28)25-6-2)26(14-18-8-10-19(24)11-9-18)22(27)15-29-20-12-7-16(3)17(4)13-20/h7-13,21H,5-6,14-15H2,1-4H3,(H,25,28)/t21-/m0/s1. The van der Waals surface area contributed by atoms with Gasteiger partial charge in [0.2, 0.25) is 5.91 Å². The van der Waals surface area contributed by atoms with Crippen LogP contribution in [0.3, 0.4) is 0 Å². The third kappa shape index (κ3) is 6.31. The Morgan fingerprint density at radius 2 is 1.76 bits per heavy atom. The molecule has 0 bridgehead atoms. The van der Waals surface area contributed by atoms with E-state index in [-0.39, 0.29) is 30.8 Å². The van der Waals surface area contributed by atoms with E-state index < -0.39 is 6.04 Å². The first-order valence-electron chi connectivity index (χ1n) is 9.87. The van der Waals surface area contributed by atoms with Crippen LogP contribution in [-0.4, -0.2) is 35.9 Å². The highest BCUT2D eigenvalue weighted by atomic mass is 19.1. The molecule has 0 saturated heterocycles. The SMILES string of the molecule is CCNC(=O)[C@H](CC)N(Cc1ccc(F)cc1)C(=O)COc1ccc(C)c(C)c1. The highest BCUT2D eigenvalue weighted by Crippen LogP contribution is 2.18. The van der Waals surface area contributed by atoms with E-state index in [1.807, 2.05) is 45.9 Å². The van der Waals surface area contributed by atoms with E-state index in [4.69, 9.17) is 4.74 Å². The van der Waals surface area contributed by atoms with E-state index in [2.05, 4.69) is 5.32 Å². The Balaban J connectivity index is 2.19. The number of carbonyl (C=O) groups excluding carboxylic acids is 2. The minimum atomic E-state index is -0.629. The van der Waals surface area contributed by atoms with Gasteiger partial charge in [0.25, 0.3) is 5.91 Å². The quantitative estimate of drug-likeness (QED) is 0.697. The molecule has 29 heavy (non-hydrogen) atoms. The van der Waals surface area contributed by atoms with Crippen LogP contribution in [0.25, 0.3) is 0 Å². The largest absolute Gasteiger partial charge is 0.484 e. The number of benzene rings is 2. The summed E-state index contributed by atoms with van der Waals surface area (Å²) in [7, 11) is 0. The summed E-state index contributed by atoms with van der Waals surface area (Å²) in [5.74, 6) is -0.253. The van der Waals surface area contributed by atoms with E-state index in [1.54, 1.807) is 12.1 Å². The van der Waals surface area contributed by atoms with Crippen molar-refractivity contribution in [2.24, 2.45) is 0 Å². The molecule has 2 aromatic carbocycles. The van der Waals surface area contributed by atoms with Gasteiger partial charge in [-0.25, -0.2) is 4.39 Å². The van der Waals surface area contributed by atoms with Crippen molar-refractivity contribution in [2.45, 2.75) is 46.7 Å². The normalized spacial score (nSPS) is 11.6. The monoisotopic (exact) mass is 400 g/mol. The van der Waals surface area contributed by atoms with Gasteiger partial charge in [-0.05, 0) is 68.1 Å². The fourth-order valence-corrected chi connectivity index (χ4v) is 3.03. The highest BCUT2D eigenvalue weighted by molar-refractivity contribution is 5.88. The zero-order valence-corrected chi connectivity index (χ0v) is 17.5. The second kappa shape index (κ2) is 10.6. The van der Waals surface area contributed by atoms with Crippen molar-refractivity contribution < 1.29 is 18.7 Å². The molecule has 0 aliphatic carbocycles. The topological polar surface area (TPSA) is 58.6 Å². The molecule has 0 saturated carbocycles. The lowest BCUT2D eigenvalue weighted by Gasteiger charge is -2.30. The van der Waals surface area contributed by atoms with Crippen molar-refractivity contribution in [3.63, 3.8) is 0 Å². The summed E-state index contributed by atoms with van der Waals surface area (Å²) >= 11 is 0. The Morgan fingerprint density at radius 3 is 2.34 bits per heavy atom. The van der Waals surface area contributed by atoms with Crippen LogP contribution < -0.4 is 10.1 Å². The molecule has 1 atom stereocenters. The van der Waals surface area contributed by atoms with Crippen LogP contribution in [-0.2, 0) is 16.1 Å². The lowest BCUT2D eigenvalue weighted by atomic mass is 10.1. The molecule has 0 heterocycles. The molecule has 2 rings (SSSR count). The van der Waals surface area contributed by atoms with E-state index in [0.29, 0.717) is 18.7 Å². The van der Waals surface area contributed by atoms with Crippen molar-refractivity contribution in [3.05, 3.63) is 65.0 Å². The summed E-state index contributed by atoms with van der Waals surface area (Å²) in [6, 6.07) is 10.9. The Labute approximate surface area is 171 Å². The first-order chi connectivity index (χ1) is 13.8. The maximum atomic E-state index is 13.2. The molecule has 0 aliphatic rings. The average Bonchev–Trinajstić information content (AvgIpc) is 2.70. The molecule has 2 amide bonds.